The Balaban J connectivity index is 2.43. The molecule has 0 amide bonds. The second kappa shape index (κ2) is 4.76. The van der Waals surface area contributed by atoms with Crippen molar-refractivity contribution in [2.75, 3.05) is 0 Å². The highest BCUT2D eigenvalue weighted by Gasteiger charge is 2.20. The average molecular weight is 182 g/mol. The van der Waals surface area contributed by atoms with E-state index in [1.807, 2.05) is 17.2 Å². The topological polar surface area (TPSA) is 0 Å². The zero-order valence-electron chi connectivity index (χ0n) is 8.10. The van der Waals surface area contributed by atoms with Crippen molar-refractivity contribution in [2.45, 2.75) is 39.5 Å². The minimum absolute atomic E-state index is 0.928. The summed E-state index contributed by atoms with van der Waals surface area (Å²) in [7, 11) is 0. The highest BCUT2D eigenvalue weighted by molar-refractivity contribution is 8.05. The van der Waals surface area contributed by atoms with Crippen molar-refractivity contribution in [1.29, 1.82) is 0 Å². The molecule has 1 atom stereocenters. The zero-order valence-corrected chi connectivity index (χ0v) is 8.91. The van der Waals surface area contributed by atoms with Crippen LogP contribution in [0.1, 0.15) is 39.5 Å². The van der Waals surface area contributed by atoms with E-state index in [2.05, 4.69) is 20.4 Å². The third-order valence-corrected chi connectivity index (χ3v) is 3.43. The number of thioether (sulfide) groups is 1. The van der Waals surface area contributed by atoms with Crippen molar-refractivity contribution in [3.8, 4) is 0 Å². The first-order valence-electron chi connectivity index (χ1n) is 4.74. The van der Waals surface area contributed by atoms with Gasteiger partial charge in [-0.1, -0.05) is 31.9 Å². The van der Waals surface area contributed by atoms with Crippen LogP contribution in [0.3, 0.4) is 0 Å². The third-order valence-electron chi connectivity index (χ3n) is 2.47. The maximum absolute atomic E-state index is 3.76. The molecular weight excluding hydrogens is 164 g/mol. The van der Waals surface area contributed by atoms with Gasteiger partial charge in [-0.05, 0) is 36.0 Å². The molecule has 0 saturated carbocycles. The molecule has 0 heterocycles. The van der Waals surface area contributed by atoms with Crippen molar-refractivity contribution in [3.63, 3.8) is 0 Å². The van der Waals surface area contributed by atoms with Crippen LogP contribution >= 0.6 is 11.8 Å². The van der Waals surface area contributed by atoms with Crippen LogP contribution in [-0.4, -0.2) is 0 Å². The van der Waals surface area contributed by atoms with Crippen LogP contribution in [-0.2, 0) is 0 Å². The summed E-state index contributed by atoms with van der Waals surface area (Å²) in [6.45, 7) is 8.30. The molecule has 0 aromatic carbocycles. The molecule has 0 aromatic rings. The van der Waals surface area contributed by atoms with E-state index in [9.17, 15) is 0 Å². The maximum atomic E-state index is 3.76. The van der Waals surface area contributed by atoms with Crippen molar-refractivity contribution in [1.82, 2.24) is 0 Å². The molecule has 0 radical (unpaired) electrons. The van der Waals surface area contributed by atoms with Crippen molar-refractivity contribution < 1.29 is 0 Å². The van der Waals surface area contributed by atoms with Gasteiger partial charge < -0.3 is 0 Å². The molecule has 0 N–H and O–H groups in total. The van der Waals surface area contributed by atoms with E-state index in [1.54, 1.807) is 10.5 Å². The van der Waals surface area contributed by atoms with Crippen molar-refractivity contribution >= 4 is 11.8 Å². The SMILES string of the molecule is C=CSC1=C(C)CC(CCC)C1. The third kappa shape index (κ3) is 2.41. The molecule has 12 heavy (non-hydrogen) atoms. The van der Waals surface area contributed by atoms with Crippen LogP contribution in [0.25, 0.3) is 0 Å². The molecule has 1 heteroatoms. The molecule has 1 aliphatic rings. The molecule has 1 unspecified atom stereocenters. The fourth-order valence-electron chi connectivity index (χ4n) is 1.92. The Hall–Kier alpha value is -0.170. The van der Waals surface area contributed by atoms with E-state index in [1.165, 1.54) is 25.7 Å². The van der Waals surface area contributed by atoms with Crippen LogP contribution in [0.4, 0.5) is 0 Å². The zero-order chi connectivity index (χ0) is 8.97. The monoisotopic (exact) mass is 182 g/mol. The molecule has 68 valence electrons. The summed E-state index contributed by atoms with van der Waals surface area (Å²) < 4.78 is 0. The lowest BCUT2D eigenvalue weighted by molar-refractivity contribution is 0.506. The van der Waals surface area contributed by atoms with Gasteiger partial charge >= 0.3 is 0 Å². The molecule has 0 nitrogen and oxygen atoms in total. The Morgan fingerprint density at radius 2 is 2.33 bits per heavy atom. The predicted octanol–water partition coefficient (Wildman–Crippen LogP) is 4.35. The van der Waals surface area contributed by atoms with Crippen molar-refractivity contribution in [2.24, 2.45) is 5.92 Å². The molecule has 0 spiro atoms. The Kier molecular flexibility index (Phi) is 3.93. The largest absolute Gasteiger partial charge is 0.103 e. The normalized spacial score (nSPS) is 23.3. The van der Waals surface area contributed by atoms with Gasteiger partial charge in [0.05, 0.1) is 0 Å². The summed E-state index contributed by atoms with van der Waals surface area (Å²) in [5, 5.41) is 1.95. The van der Waals surface area contributed by atoms with Crippen LogP contribution in [0, 0.1) is 5.92 Å². The Morgan fingerprint density at radius 3 is 2.92 bits per heavy atom. The molecular formula is C11H18S. The van der Waals surface area contributed by atoms with E-state index in [4.69, 9.17) is 0 Å². The van der Waals surface area contributed by atoms with E-state index < -0.39 is 0 Å². The van der Waals surface area contributed by atoms with Crippen molar-refractivity contribution in [3.05, 3.63) is 22.5 Å². The summed E-state index contributed by atoms with van der Waals surface area (Å²) in [5.74, 6) is 0.928. The molecule has 0 fully saturated rings. The summed E-state index contributed by atoms with van der Waals surface area (Å²) in [6, 6.07) is 0. The number of hydrogen-bond acceptors (Lipinski definition) is 1. The van der Waals surface area contributed by atoms with Crippen LogP contribution < -0.4 is 0 Å². The fourth-order valence-corrected chi connectivity index (χ4v) is 2.73. The minimum Gasteiger partial charge on any atom is -0.103 e. The fraction of sp³-hybridized carbons (Fsp3) is 0.636. The summed E-state index contributed by atoms with van der Waals surface area (Å²) in [4.78, 5) is 1.57. The summed E-state index contributed by atoms with van der Waals surface area (Å²) in [5.41, 5.74) is 1.60. The van der Waals surface area contributed by atoms with Crippen LogP contribution in [0.2, 0.25) is 0 Å². The minimum atomic E-state index is 0.928. The van der Waals surface area contributed by atoms with Gasteiger partial charge in [0.2, 0.25) is 0 Å². The number of rotatable bonds is 4. The quantitative estimate of drug-likeness (QED) is 0.623. The van der Waals surface area contributed by atoms with Gasteiger partial charge in [0.25, 0.3) is 0 Å². The lowest BCUT2D eigenvalue weighted by Gasteiger charge is -2.06. The van der Waals surface area contributed by atoms with Crippen LogP contribution in [0.15, 0.2) is 22.5 Å². The van der Waals surface area contributed by atoms with E-state index in [0.29, 0.717) is 0 Å². The molecule has 1 rings (SSSR count). The van der Waals surface area contributed by atoms with E-state index in [-0.39, 0.29) is 0 Å². The molecule has 0 aliphatic heterocycles. The lowest BCUT2D eigenvalue weighted by Crippen LogP contribution is -1.92. The lowest BCUT2D eigenvalue weighted by atomic mass is 10.0. The van der Waals surface area contributed by atoms with Gasteiger partial charge in [-0.2, -0.15) is 0 Å². The van der Waals surface area contributed by atoms with Gasteiger partial charge in [0, 0.05) is 0 Å². The first-order chi connectivity index (χ1) is 5.77. The standard InChI is InChI=1S/C11H18S/c1-4-6-10-7-9(3)11(8-10)12-5-2/h5,10H,2,4,6-8H2,1,3H3. The van der Waals surface area contributed by atoms with Crippen LogP contribution in [0.5, 0.6) is 0 Å². The Morgan fingerprint density at radius 1 is 1.58 bits per heavy atom. The summed E-state index contributed by atoms with van der Waals surface area (Å²) >= 11 is 1.82. The smallest absolute Gasteiger partial charge is 0.0116 e. The van der Waals surface area contributed by atoms with Gasteiger partial charge in [0.1, 0.15) is 0 Å². The highest BCUT2D eigenvalue weighted by Crippen LogP contribution is 2.39. The highest BCUT2D eigenvalue weighted by atomic mass is 32.2. The van der Waals surface area contributed by atoms with Gasteiger partial charge in [-0.15, -0.1) is 11.8 Å². The second-order valence-corrected chi connectivity index (χ2v) is 4.61. The predicted molar refractivity (Wildman–Crippen MR) is 58.1 cm³/mol. The number of hydrogen-bond donors (Lipinski definition) is 0. The van der Waals surface area contributed by atoms with Gasteiger partial charge in [-0.3, -0.25) is 0 Å². The van der Waals surface area contributed by atoms with Gasteiger partial charge in [0.15, 0.2) is 0 Å². The maximum Gasteiger partial charge on any atom is -0.0116 e. The molecule has 0 saturated heterocycles. The first kappa shape index (κ1) is 9.91. The first-order valence-corrected chi connectivity index (χ1v) is 5.62. The summed E-state index contributed by atoms with van der Waals surface area (Å²) in [6.07, 6.45) is 5.34. The number of allylic oxidation sites excluding steroid dienone is 2. The van der Waals surface area contributed by atoms with E-state index >= 15 is 0 Å². The Bertz CT molecular complexity index is 191. The Labute approximate surface area is 80.1 Å². The molecule has 0 bridgehead atoms. The van der Waals surface area contributed by atoms with E-state index in [0.717, 1.165) is 5.92 Å². The van der Waals surface area contributed by atoms with Gasteiger partial charge in [-0.25, -0.2) is 0 Å². The molecule has 0 aromatic heterocycles. The average Bonchev–Trinajstić information content (AvgIpc) is 2.34. The molecule has 1 aliphatic carbocycles. The second-order valence-electron chi connectivity index (χ2n) is 3.55.